The van der Waals surface area contributed by atoms with E-state index in [4.69, 9.17) is 4.74 Å². The van der Waals surface area contributed by atoms with Crippen LogP contribution in [0.25, 0.3) is 0 Å². The fourth-order valence-electron chi connectivity index (χ4n) is 4.03. The van der Waals surface area contributed by atoms with Gasteiger partial charge in [0, 0.05) is 34.6 Å². The number of hydrogen-bond donors (Lipinski definition) is 0. The number of aryl methyl sites for hydroxylation is 1. The first-order valence-corrected chi connectivity index (χ1v) is 9.30. The minimum absolute atomic E-state index is 0.166. The lowest BCUT2D eigenvalue weighted by Crippen LogP contribution is -2.36. The Kier molecular flexibility index (Phi) is 3.49. The molecule has 0 unspecified atom stereocenters. The van der Waals surface area contributed by atoms with Crippen LogP contribution in [0.4, 0.5) is 4.79 Å². The first-order valence-electron chi connectivity index (χ1n) is 9.30. The SMILES string of the molecule is O=C1O[C@@]2(CCCc3ncc(C#Cc4ccccc4)cc32)CN1C1CC1. The third-order valence-electron chi connectivity index (χ3n) is 5.51. The third kappa shape index (κ3) is 2.64. The summed E-state index contributed by atoms with van der Waals surface area (Å²) in [5.74, 6) is 6.39. The standard InChI is InChI=1S/C22H20N2O2/c25-21-24(18-10-11-18)15-22(26-21)12-4-7-20-19(22)13-17(14-23-20)9-8-16-5-2-1-3-6-16/h1-3,5-6,13-14,18H,4,7,10-12,15H2/t22-/m0/s1. The second kappa shape index (κ2) is 5.88. The molecule has 0 bridgehead atoms. The third-order valence-corrected chi connectivity index (χ3v) is 5.51. The van der Waals surface area contributed by atoms with Crippen LogP contribution in [0.1, 0.15) is 48.1 Å². The fourth-order valence-corrected chi connectivity index (χ4v) is 4.03. The highest BCUT2D eigenvalue weighted by Gasteiger charge is 2.52. The summed E-state index contributed by atoms with van der Waals surface area (Å²) >= 11 is 0. The number of pyridine rings is 1. The number of amides is 1. The van der Waals surface area contributed by atoms with Crippen LogP contribution < -0.4 is 0 Å². The summed E-state index contributed by atoms with van der Waals surface area (Å²) < 4.78 is 5.95. The number of aromatic nitrogens is 1. The summed E-state index contributed by atoms with van der Waals surface area (Å²) in [5.41, 5.74) is 3.42. The van der Waals surface area contributed by atoms with Crippen molar-refractivity contribution in [1.29, 1.82) is 0 Å². The topological polar surface area (TPSA) is 42.4 Å². The molecule has 0 radical (unpaired) electrons. The second-order valence-corrected chi connectivity index (χ2v) is 7.41. The van der Waals surface area contributed by atoms with Gasteiger partial charge in [-0.1, -0.05) is 30.0 Å². The Hall–Kier alpha value is -2.80. The Labute approximate surface area is 153 Å². The largest absolute Gasteiger partial charge is 0.436 e. The molecule has 1 saturated heterocycles. The van der Waals surface area contributed by atoms with Crippen molar-refractivity contribution >= 4 is 6.09 Å². The monoisotopic (exact) mass is 344 g/mol. The molecule has 0 N–H and O–H groups in total. The molecule has 1 saturated carbocycles. The normalized spacial score (nSPS) is 24.0. The molecular weight excluding hydrogens is 324 g/mol. The van der Waals surface area contributed by atoms with E-state index < -0.39 is 5.60 Å². The van der Waals surface area contributed by atoms with E-state index in [2.05, 4.69) is 22.9 Å². The zero-order valence-electron chi connectivity index (χ0n) is 14.6. The molecule has 5 rings (SSSR count). The van der Waals surface area contributed by atoms with Crippen LogP contribution in [0.5, 0.6) is 0 Å². The molecule has 1 amide bonds. The zero-order chi connectivity index (χ0) is 17.6. The Morgan fingerprint density at radius 3 is 2.77 bits per heavy atom. The lowest BCUT2D eigenvalue weighted by Gasteiger charge is -2.33. The van der Waals surface area contributed by atoms with Crippen molar-refractivity contribution in [2.24, 2.45) is 0 Å². The Morgan fingerprint density at radius 2 is 1.96 bits per heavy atom. The summed E-state index contributed by atoms with van der Waals surface area (Å²) in [6.45, 7) is 0.654. The molecule has 1 aromatic heterocycles. The van der Waals surface area contributed by atoms with Crippen molar-refractivity contribution < 1.29 is 9.53 Å². The maximum Gasteiger partial charge on any atom is 0.411 e. The summed E-state index contributed by atoms with van der Waals surface area (Å²) in [6, 6.07) is 12.4. The predicted octanol–water partition coefficient (Wildman–Crippen LogP) is 3.63. The predicted molar refractivity (Wildman–Crippen MR) is 97.5 cm³/mol. The van der Waals surface area contributed by atoms with E-state index in [-0.39, 0.29) is 6.09 Å². The van der Waals surface area contributed by atoms with Gasteiger partial charge in [-0.25, -0.2) is 4.79 Å². The van der Waals surface area contributed by atoms with Crippen molar-refractivity contribution in [2.75, 3.05) is 6.54 Å². The van der Waals surface area contributed by atoms with Crippen LogP contribution in [0.3, 0.4) is 0 Å². The van der Waals surface area contributed by atoms with Gasteiger partial charge in [0.1, 0.15) is 0 Å². The average Bonchev–Trinajstić information content (AvgIpc) is 3.46. The van der Waals surface area contributed by atoms with E-state index in [1.165, 1.54) is 0 Å². The van der Waals surface area contributed by atoms with Crippen molar-refractivity contribution in [3.8, 4) is 11.8 Å². The average molecular weight is 344 g/mol. The molecule has 4 heteroatoms. The van der Waals surface area contributed by atoms with E-state index in [0.29, 0.717) is 12.6 Å². The smallest absolute Gasteiger partial charge is 0.411 e. The number of hydrogen-bond acceptors (Lipinski definition) is 3. The fraction of sp³-hybridized carbons (Fsp3) is 0.364. The van der Waals surface area contributed by atoms with Crippen molar-refractivity contribution in [3.05, 3.63) is 65.0 Å². The molecule has 130 valence electrons. The van der Waals surface area contributed by atoms with Gasteiger partial charge in [0.05, 0.1) is 6.54 Å². The maximum absolute atomic E-state index is 12.4. The van der Waals surface area contributed by atoms with Gasteiger partial charge in [0.25, 0.3) is 0 Å². The van der Waals surface area contributed by atoms with Gasteiger partial charge >= 0.3 is 6.09 Å². The van der Waals surface area contributed by atoms with Crippen molar-refractivity contribution in [1.82, 2.24) is 9.88 Å². The van der Waals surface area contributed by atoms with Gasteiger partial charge in [0.15, 0.2) is 5.60 Å². The number of carbonyl (C=O) groups excluding carboxylic acids is 1. The summed E-state index contributed by atoms with van der Waals surface area (Å²) in [7, 11) is 0. The quantitative estimate of drug-likeness (QED) is 0.742. The lowest BCUT2D eigenvalue weighted by atomic mass is 9.81. The lowest BCUT2D eigenvalue weighted by molar-refractivity contribution is 0.0389. The van der Waals surface area contributed by atoms with Gasteiger partial charge in [0.2, 0.25) is 0 Å². The molecule has 26 heavy (non-hydrogen) atoms. The first-order chi connectivity index (χ1) is 12.7. The second-order valence-electron chi connectivity index (χ2n) is 7.41. The zero-order valence-corrected chi connectivity index (χ0v) is 14.6. The number of carbonyl (C=O) groups is 1. The molecular formula is C22H20N2O2. The van der Waals surface area contributed by atoms with Gasteiger partial charge in [-0.2, -0.15) is 0 Å². The highest BCUT2D eigenvalue weighted by molar-refractivity contribution is 5.72. The van der Waals surface area contributed by atoms with Crippen LogP contribution >= 0.6 is 0 Å². The van der Waals surface area contributed by atoms with Crippen LogP contribution in [0.2, 0.25) is 0 Å². The van der Waals surface area contributed by atoms with E-state index in [0.717, 1.165) is 54.5 Å². The Bertz CT molecular complexity index is 924. The molecule has 2 heterocycles. The van der Waals surface area contributed by atoms with Gasteiger partial charge in [-0.15, -0.1) is 0 Å². The van der Waals surface area contributed by atoms with Gasteiger partial charge in [-0.05, 0) is 50.3 Å². The number of fused-ring (bicyclic) bond motifs is 2. The highest BCUT2D eigenvalue weighted by Crippen LogP contribution is 2.45. The Morgan fingerprint density at radius 1 is 1.15 bits per heavy atom. The van der Waals surface area contributed by atoms with Crippen LogP contribution in [0.15, 0.2) is 42.6 Å². The molecule has 3 aliphatic rings. The minimum Gasteiger partial charge on any atom is -0.436 e. The molecule has 1 atom stereocenters. The minimum atomic E-state index is -0.537. The molecule has 1 spiro atoms. The van der Waals surface area contributed by atoms with Crippen molar-refractivity contribution in [3.63, 3.8) is 0 Å². The molecule has 2 aromatic rings. The van der Waals surface area contributed by atoms with Gasteiger partial charge < -0.3 is 9.64 Å². The first kappa shape index (κ1) is 15.5. The van der Waals surface area contributed by atoms with Gasteiger partial charge in [-0.3, -0.25) is 4.98 Å². The highest BCUT2D eigenvalue weighted by atomic mass is 16.6. The summed E-state index contributed by atoms with van der Waals surface area (Å²) in [5, 5.41) is 0. The number of nitrogens with zero attached hydrogens (tertiary/aromatic N) is 2. The van der Waals surface area contributed by atoms with Crippen LogP contribution in [-0.2, 0) is 16.8 Å². The maximum atomic E-state index is 12.4. The van der Waals surface area contributed by atoms with E-state index in [1.807, 2.05) is 41.4 Å². The summed E-state index contributed by atoms with van der Waals surface area (Å²) in [4.78, 5) is 19.0. The van der Waals surface area contributed by atoms with E-state index in [9.17, 15) is 4.79 Å². The summed E-state index contributed by atoms with van der Waals surface area (Å²) in [6.07, 6.45) is 6.67. The molecule has 2 fully saturated rings. The van der Waals surface area contributed by atoms with E-state index >= 15 is 0 Å². The van der Waals surface area contributed by atoms with Crippen molar-refractivity contribution in [2.45, 2.75) is 43.7 Å². The molecule has 1 aromatic carbocycles. The van der Waals surface area contributed by atoms with Crippen LogP contribution in [-0.4, -0.2) is 28.6 Å². The van der Waals surface area contributed by atoms with E-state index in [1.54, 1.807) is 0 Å². The number of rotatable bonds is 1. The molecule has 2 aliphatic carbocycles. The Balaban J connectivity index is 1.50. The molecule has 4 nitrogen and oxygen atoms in total. The van der Waals surface area contributed by atoms with Crippen LogP contribution in [0, 0.1) is 11.8 Å². The molecule has 1 aliphatic heterocycles. The number of benzene rings is 1. The number of ether oxygens (including phenoxy) is 1.